The lowest BCUT2D eigenvalue weighted by atomic mass is 9.84. The highest BCUT2D eigenvalue weighted by Gasteiger charge is 2.21. The van der Waals surface area contributed by atoms with E-state index in [4.69, 9.17) is 0 Å². The molecule has 1 aliphatic rings. The van der Waals surface area contributed by atoms with Gasteiger partial charge >= 0.3 is 6.61 Å². The van der Waals surface area contributed by atoms with E-state index in [9.17, 15) is 8.78 Å². The highest BCUT2D eigenvalue weighted by molar-refractivity contribution is 5.30. The SMILES string of the molecule is CC(N[C@@H](C)C1CCCCC1)c1cccc(OC(F)F)c1. The van der Waals surface area contributed by atoms with Crippen LogP contribution in [0.5, 0.6) is 5.75 Å². The number of ether oxygens (including phenoxy) is 1. The predicted molar refractivity (Wildman–Crippen MR) is 80.7 cm³/mol. The highest BCUT2D eigenvalue weighted by Crippen LogP contribution is 2.28. The van der Waals surface area contributed by atoms with Gasteiger partial charge in [0.25, 0.3) is 0 Å². The lowest BCUT2D eigenvalue weighted by molar-refractivity contribution is -0.0499. The second kappa shape index (κ2) is 7.74. The summed E-state index contributed by atoms with van der Waals surface area (Å²) in [6, 6.07) is 7.54. The molecule has 0 bridgehead atoms. The molecule has 1 saturated carbocycles. The molecule has 0 spiro atoms. The Morgan fingerprint density at radius 3 is 2.52 bits per heavy atom. The van der Waals surface area contributed by atoms with Gasteiger partial charge in [0.2, 0.25) is 0 Å². The van der Waals surface area contributed by atoms with E-state index in [1.165, 1.54) is 32.1 Å². The van der Waals surface area contributed by atoms with Crippen LogP contribution in [0.25, 0.3) is 0 Å². The summed E-state index contributed by atoms with van der Waals surface area (Å²) in [6.45, 7) is 1.52. The topological polar surface area (TPSA) is 21.3 Å². The molecule has 0 aliphatic heterocycles. The van der Waals surface area contributed by atoms with Crippen molar-refractivity contribution in [1.29, 1.82) is 0 Å². The van der Waals surface area contributed by atoms with Crippen molar-refractivity contribution in [1.82, 2.24) is 5.32 Å². The quantitative estimate of drug-likeness (QED) is 0.805. The minimum Gasteiger partial charge on any atom is -0.435 e. The summed E-state index contributed by atoms with van der Waals surface area (Å²) in [5.74, 6) is 0.947. The van der Waals surface area contributed by atoms with Gasteiger partial charge in [0.1, 0.15) is 5.75 Å². The van der Waals surface area contributed by atoms with Crippen molar-refractivity contribution in [2.45, 2.75) is 64.6 Å². The second-order valence-corrected chi connectivity index (χ2v) is 6.03. The first-order valence-corrected chi connectivity index (χ1v) is 7.87. The number of nitrogens with one attached hydrogen (secondary N) is 1. The minimum absolute atomic E-state index is 0.128. The van der Waals surface area contributed by atoms with Crippen LogP contribution in [0.4, 0.5) is 8.78 Å². The zero-order valence-electron chi connectivity index (χ0n) is 12.8. The van der Waals surface area contributed by atoms with Crippen LogP contribution in [0, 0.1) is 5.92 Å². The minimum atomic E-state index is -2.77. The van der Waals surface area contributed by atoms with Gasteiger partial charge in [0.05, 0.1) is 0 Å². The molecule has 2 atom stereocenters. The molecule has 118 valence electrons. The zero-order chi connectivity index (χ0) is 15.2. The van der Waals surface area contributed by atoms with Crippen molar-refractivity contribution in [3.63, 3.8) is 0 Å². The summed E-state index contributed by atoms with van der Waals surface area (Å²) < 4.78 is 29.0. The van der Waals surface area contributed by atoms with Gasteiger partial charge in [-0.25, -0.2) is 0 Å². The Morgan fingerprint density at radius 1 is 1.14 bits per heavy atom. The highest BCUT2D eigenvalue weighted by atomic mass is 19.3. The van der Waals surface area contributed by atoms with Crippen molar-refractivity contribution >= 4 is 0 Å². The van der Waals surface area contributed by atoms with Crippen LogP contribution < -0.4 is 10.1 Å². The van der Waals surface area contributed by atoms with Gasteiger partial charge in [-0.2, -0.15) is 8.78 Å². The maximum atomic E-state index is 12.3. The molecule has 21 heavy (non-hydrogen) atoms. The fraction of sp³-hybridized carbons (Fsp3) is 0.647. The van der Waals surface area contributed by atoms with Crippen LogP contribution in [0.3, 0.4) is 0 Å². The lowest BCUT2D eigenvalue weighted by Crippen LogP contribution is -2.36. The molecule has 1 aromatic rings. The van der Waals surface area contributed by atoms with Gasteiger partial charge in [0.15, 0.2) is 0 Å². The summed E-state index contributed by atoms with van der Waals surface area (Å²) in [6.07, 6.45) is 6.57. The Labute approximate surface area is 125 Å². The molecular formula is C17H25F2NO. The van der Waals surface area contributed by atoms with Crippen molar-refractivity contribution in [2.75, 3.05) is 0 Å². The van der Waals surface area contributed by atoms with Crippen LogP contribution in [0.2, 0.25) is 0 Å². The monoisotopic (exact) mass is 297 g/mol. The number of hydrogen-bond acceptors (Lipinski definition) is 2. The van der Waals surface area contributed by atoms with E-state index in [1.807, 2.05) is 6.07 Å². The lowest BCUT2D eigenvalue weighted by Gasteiger charge is -2.31. The van der Waals surface area contributed by atoms with Crippen LogP contribution in [0.15, 0.2) is 24.3 Å². The molecule has 4 heteroatoms. The van der Waals surface area contributed by atoms with Crippen molar-refractivity contribution in [2.24, 2.45) is 5.92 Å². The third kappa shape index (κ3) is 4.95. The molecule has 1 N–H and O–H groups in total. The number of rotatable bonds is 6. The normalized spacial score (nSPS) is 19.5. The molecule has 1 aliphatic carbocycles. The predicted octanol–water partition coefficient (Wildman–Crippen LogP) is 4.91. The van der Waals surface area contributed by atoms with E-state index in [0.717, 1.165) is 11.5 Å². The van der Waals surface area contributed by atoms with E-state index in [-0.39, 0.29) is 11.8 Å². The van der Waals surface area contributed by atoms with E-state index in [2.05, 4.69) is 23.9 Å². The first-order chi connectivity index (χ1) is 10.1. The smallest absolute Gasteiger partial charge is 0.387 e. The first-order valence-electron chi connectivity index (χ1n) is 7.87. The maximum absolute atomic E-state index is 12.3. The fourth-order valence-electron chi connectivity index (χ4n) is 3.22. The largest absolute Gasteiger partial charge is 0.435 e. The van der Waals surface area contributed by atoms with Gasteiger partial charge in [-0.05, 0) is 50.3 Å². The number of hydrogen-bond donors (Lipinski definition) is 1. The van der Waals surface area contributed by atoms with Crippen LogP contribution in [0.1, 0.15) is 57.6 Å². The van der Waals surface area contributed by atoms with Crippen LogP contribution in [-0.4, -0.2) is 12.7 Å². The summed E-state index contributed by atoms with van der Waals surface area (Å²) in [5.41, 5.74) is 0.982. The van der Waals surface area contributed by atoms with E-state index >= 15 is 0 Å². The van der Waals surface area contributed by atoms with Gasteiger partial charge in [0, 0.05) is 12.1 Å². The molecule has 2 rings (SSSR count). The Bertz CT molecular complexity index is 433. The number of halogens is 2. The first kappa shape index (κ1) is 16.2. The Kier molecular flexibility index (Phi) is 5.97. The average Bonchev–Trinajstić information content (AvgIpc) is 2.47. The van der Waals surface area contributed by atoms with E-state index in [1.54, 1.807) is 18.2 Å². The van der Waals surface area contributed by atoms with Gasteiger partial charge in [-0.3, -0.25) is 0 Å². The Hall–Kier alpha value is -1.16. The van der Waals surface area contributed by atoms with Crippen LogP contribution >= 0.6 is 0 Å². The Morgan fingerprint density at radius 2 is 1.86 bits per heavy atom. The summed E-state index contributed by atoms with van der Waals surface area (Å²) in [4.78, 5) is 0. The molecule has 0 aromatic heterocycles. The third-order valence-corrected chi connectivity index (χ3v) is 4.45. The fourth-order valence-corrected chi connectivity index (χ4v) is 3.22. The van der Waals surface area contributed by atoms with Crippen molar-refractivity contribution < 1.29 is 13.5 Å². The summed E-state index contributed by atoms with van der Waals surface area (Å²) >= 11 is 0. The van der Waals surface area contributed by atoms with Gasteiger partial charge < -0.3 is 10.1 Å². The molecule has 0 heterocycles. The molecular weight excluding hydrogens is 272 g/mol. The molecule has 2 nitrogen and oxygen atoms in total. The maximum Gasteiger partial charge on any atom is 0.387 e. The van der Waals surface area contributed by atoms with Gasteiger partial charge in [-0.15, -0.1) is 0 Å². The number of alkyl halides is 2. The van der Waals surface area contributed by atoms with Crippen molar-refractivity contribution in [3.05, 3.63) is 29.8 Å². The van der Waals surface area contributed by atoms with Gasteiger partial charge in [-0.1, -0.05) is 31.4 Å². The van der Waals surface area contributed by atoms with Crippen LogP contribution in [-0.2, 0) is 0 Å². The molecule has 0 saturated heterocycles. The van der Waals surface area contributed by atoms with E-state index < -0.39 is 6.61 Å². The molecule has 1 aromatic carbocycles. The molecule has 0 radical (unpaired) electrons. The average molecular weight is 297 g/mol. The summed E-state index contributed by atoms with van der Waals surface area (Å²) in [7, 11) is 0. The summed E-state index contributed by atoms with van der Waals surface area (Å²) in [5, 5.41) is 3.60. The zero-order valence-corrected chi connectivity index (χ0v) is 12.8. The van der Waals surface area contributed by atoms with E-state index in [0.29, 0.717) is 6.04 Å². The Balaban J connectivity index is 1.94. The standard InChI is InChI=1S/C17H25F2NO/c1-12(14-7-4-3-5-8-14)20-13(2)15-9-6-10-16(11-15)21-17(18)19/h6,9-14,17,20H,3-5,7-8H2,1-2H3/t12-,13?/m0/s1. The second-order valence-electron chi connectivity index (χ2n) is 6.03. The third-order valence-electron chi connectivity index (χ3n) is 4.45. The molecule has 0 amide bonds. The number of benzene rings is 1. The molecule has 1 unspecified atom stereocenters. The van der Waals surface area contributed by atoms with Crippen molar-refractivity contribution in [3.8, 4) is 5.75 Å². The molecule has 1 fully saturated rings.